The summed E-state index contributed by atoms with van der Waals surface area (Å²) in [5.41, 5.74) is 0.505. The second kappa shape index (κ2) is 6.02. The smallest absolute Gasteiger partial charge is 0.336 e. The molecule has 0 aliphatic heterocycles. The van der Waals surface area contributed by atoms with Crippen LogP contribution in [0.4, 0.5) is 4.39 Å². The van der Waals surface area contributed by atoms with Gasteiger partial charge in [-0.3, -0.25) is 0 Å². The molecule has 4 heteroatoms. The van der Waals surface area contributed by atoms with Crippen LogP contribution >= 0.6 is 0 Å². The van der Waals surface area contributed by atoms with Crippen molar-refractivity contribution in [1.29, 1.82) is 0 Å². The van der Waals surface area contributed by atoms with Gasteiger partial charge in [0.15, 0.2) is 0 Å². The number of hydrogen-bond acceptors (Lipinski definition) is 2. The zero-order chi connectivity index (χ0) is 12.0. The van der Waals surface area contributed by atoms with Gasteiger partial charge < -0.3 is 10.4 Å². The second-order valence-electron chi connectivity index (χ2n) is 3.33. The third kappa shape index (κ3) is 3.47. The molecular weight excluding hydrogens is 209 g/mol. The summed E-state index contributed by atoms with van der Waals surface area (Å²) < 4.78 is 12.9. The van der Waals surface area contributed by atoms with Crippen molar-refractivity contribution in [2.45, 2.75) is 6.42 Å². The molecule has 0 spiro atoms. The van der Waals surface area contributed by atoms with Crippen LogP contribution < -0.4 is 5.32 Å². The molecule has 86 valence electrons. The molecule has 0 radical (unpaired) electrons. The lowest BCUT2D eigenvalue weighted by molar-refractivity contribution is 0.0696. The van der Waals surface area contributed by atoms with E-state index in [4.69, 9.17) is 5.11 Å². The van der Waals surface area contributed by atoms with Crippen molar-refractivity contribution in [2.75, 3.05) is 13.6 Å². The highest BCUT2D eigenvalue weighted by molar-refractivity contribution is 5.92. The summed E-state index contributed by atoms with van der Waals surface area (Å²) in [4.78, 5) is 10.8. The van der Waals surface area contributed by atoms with Crippen molar-refractivity contribution in [3.05, 3.63) is 41.2 Å². The lowest BCUT2D eigenvalue weighted by Gasteiger charge is -2.01. The van der Waals surface area contributed by atoms with Gasteiger partial charge in [-0.15, -0.1) is 0 Å². The summed E-state index contributed by atoms with van der Waals surface area (Å²) in [7, 11) is 1.84. The molecule has 0 atom stereocenters. The lowest BCUT2D eigenvalue weighted by atomic mass is 10.1. The highest BCUT2D eigenvalue weighted by atomic mass is 19.1. The zero-order valence-electron chi connectivity index (χ0n) is 9.03. The van der Waals surface area contributed by atoms with Crippen molar-refractivity contribution < 1.29 is 14.3 Å². The van der Waals surface area contributed by atoms with Crippen molar-refractivity contribution in [1.82, 2.24) is 5.32 Å². The van der Waals surface area contributed by atoms with E-state index in [1.165, 1.54) is 12.1 Å². The molecule has 1 aromatic carbocycles. The SMILES string of the molecule is CNCCC=Cc1ccc(F)cc1C(=O)O. The molecule has 0 fully saturated rings. The van der Waals surface area contributed by atoms with E-state index in [1.807, 2.05) is 13.1 Å². The maximum Gasteiger partial charge on any atom is 0.336 e. The first-order valence-electron chi connectivity index (χ1n) is 4.99. The number of rotatable bonds is 5. The van der Waals surface area contributed by atoms with E-state index in [1.54, 1.807) is 6.08 Å². The highest BCUT2D eigenvalue weighted by Gasteiger charge is 2.08. The Labute approximate surface area is 93.6 Å². The molecule has 0 bridgehead atoms. The number of halogens is 1. The lowest BCUT2D eigenvalue weighted by Crippen LogP contribution is -2.05. The van der Waals surface area contributed by atoms with Gasteiger partial charge in [0.2, 0.25) is 0 Å². The van der Waals surface area contributed by atoms with E-state index in [9.17, 15) is 9.18 Å². The first-order valence-corrected chi connectivity index (χ1v) is 4.99. The van der Waals surface area contributed by atoms with Crippen LogP contribution in [0.3, 0.4) is 0 Å². The fourth-order valence-electron chi connectivity index (χ4n) is 1.30. The largest absolute Gasteiger partial charge is 0.478 e. The van der Waals surface area contributed by atoms with E-state index >= 15 is 0 Å². The minimum Gasteiger partial charge on any atom is -0.478 e. The summed E-state index contributed by atoms with van der Waals surface area (Å²) in [5, 5.41) is 11.9. The van der Waals surface area contributed by atoms with E-state index in [-0.39, 0.29) is 5.56 Å². The summed E-state index contributed by atoms with van der Waals surface area (Å²) >= 11 is 0. The Morgan fingerprint density at radius 2 is 2.31 bits per heavy atom. The van der Waals surface area contributed by atoms with Gasteiger partial charge in [-0.05, 0) is 37.7 Å². The van der Waals surface area contributed by atoms with Crippen LogP contribution in [-0.4, -0.2) is 24.7 Å². The van der Waals surface area contributed by atoms with Crippen LogP contribution in [-0.2, 0) is 0 Å². The zero-order valence-corrected chi connectivity index (χ0v) is 9.03. The van der Waals surface area contributed by atoms with E-state index < -0.39 is 11.8 Å². The van der Waals surface area contributed by atoms with Crippen LogP contribution in [0.25, 0.3) is 6.08 Å². The molecule has 0 aliphatic carbocycles. The van der Waals surface area contributed by atoms with Crippen LogP contribution in [0.15, 0.2) is 24.3 Å². The minimum absolute atomic E-state index is 0.0132. The van der Waals surface area contributed by atoms with Crippen LogP contribution in [0.2, 0.25) is 0 Å². The summed E-state index contributed by atoms with van der Waals surface area (Å²) in [6.45, 7) is 0.820. The number of nitrogens with one attached hydrogen (secondary N) is 1. The standard InChI is InChI=1S/C12H14FNO2/c1-14-7-3-2-4-9-5-6-10(13)8-11(9)12(15)16/h2,4-6,8,14H,3,7H2,1H3,(H,15,16). The number of aromatic carboxylic acids is 1. The topological polar surface area (TPSA) is 49.3 Å². The van der Waals surface area contributed by atoms with Crippen molar-refractivity contribution >= 4 is 12.0 Å². The molecule has 3 nitrogen and oxygen atoms in total. The molecule has 1 aromatic rings. The number of benzene rings is 1. The van der Waals surface area contributed by atoms with E-state index in [0.717, 1.165) is 19.0 Å². The summed E-state index contributed by atoms with van der Waals surface area (Å²) in [6.07, 6.45) is 4.35. The number of hydrogen-bond donors (Lipinski definition) is 2. The van der Waals surface area contributed by atoms with Crippen molar-refractivity contribution in [3.8, 4) is 0 Å². The normalized spacial score (nSPS) is 10.9. The van der Waals surface area contributed by atoms with Crippen molar-refractivity contribution in [3.63, 3.8) is 0 Å². The Morgan fingerprint density at radius 3 is 2.94 bits per heavy atom. The first-order chi connectivity index (χ1) is 7.65. The van der Waals surface area contributed by atoms with Crippen LogP contribution in [0.5, 0.6) is 0 Å². The number of carboxylic acid groups (broad SMARTS) is 1. The van der Waals surface area contributed by atoms with Crippen LogP contribution in [0.1, 0.15) is 22.3 Å². The number of carboxylic acids is 1. The molecule has 0 unspecified atom stereocenters. The third-order valence-electron chi connectivity index (χ3n) is 2.10. The van der Waals surface area contributed by atoms with Gasteiger partial charge >= 0.3 is 5.97 Å². The molecule has 0 saturated heterocycles. The Bertz CT molecular complexity index is 402. The Balaban J connectivity index is 2.86. The average molecular weight is 223 g/mol. The molecule has 0 aliphatic rings. The predicted molar refractivity (Wildman–Crippen MR) is 60.9 cm³/mol. The van der Waals surface area contributed by atoms with Gasteiger partial charge in [0.1, 0.15) is 5.82 Å². The third-order valence-corrected chi connectivity index (χ3v) is 2.10. The predicted octanol–water partition coefficient (Wildman–Crippen LogP) is 2.15. The van der Waals surface area contributed by atoms with Gasteiger partial charge in [-0.2, -0.15) is 0 Å². The van der Waals surface area contributed by atoms with Crippen LogP contribution in [0, 0.1) is 5.82 Å². The maximum absolute atomic E-state index is 12.9. The maximum atomic E-state index is 12.9. The van der Waals surface area contributed by atoms with E-state index in [0.29, 0.717) is 5.56 Å². The first kappa shape index (κ1) is 12.4. The molecule has 2 N–H and O–H groups in total. The molecule has 0 aromatic heterocycles. The molecular formula is C12H14FNO2. The quantitative estimate of drug-likeness (QED) is 0.752. The number of carbonyl (C=O) groups is 1. The molecule has 16 heavy (non-hydrogen) atoms. The highest BCUT2D eigenvalue weighted by Crippen LogP contribution is 2.13. The second-order valence-corrected chi connectivity index (χ2v) is 3.33. The van der Waals surface area contributed by atoms with Gasteiger partial charge in [-0.1, -0.05) is 18.2 Å². The fourth-order valence-corrected chi connectivity index (χ4v) is 1.30. The molecule has 0 amide bonds. The Hall–Kier alpha value is -1.68. The minimum atomic E-state index is -1.12. The van der Waals surface area contributed by atoms with Gasteiger partial charge in [0.05, 0.1) is 5.56 Å². The summed E-state index contributed by atoms with van der Waals surface area (Å²) in [5.74, 6) is -1.66. The monoisotopic (exact) mass is 223 g/mol. The van der Waals surface area contributed by atoms with Crippen molar-refractivity contribution in [2.24, 2.45) is 0 Å². The Morgan fingerprint density at radius 1 is 1.56 bits per heavy atom. The summed E-state index contributed by atoms with van der Waals surface area (Å²) in [6, 6.07) is 3.75. The molecule has 0 heterocycles. The molecule has 0 saturated carbocycles. The Kier molecular flexibility index (Phi) is 4.66. The average Bonchev–Trinajstić information content (AvgIpc) is 2.26. The van der Waals surface area contributed by atoms with Gasteiger partial charge in [-0.25, -0.2) is 9.18 Å². The van der Waals surface area contributed by atoms with E-state index in [2.05, 4.69) is 5.32 Å². The van der Waals surface area contributed by atoms with Gasteiger partial charge in [0.25, 0.3) is 0 Å². The molecule has 1 rings (SSSR count). The fraction of sp³-hybridized carbons (Fsp3) is 0.250. The van der Waals surface area contributed by atoms with Gasteiger partial charge in [0, 0.05) is 0 Å².